The Hall–Kier alpha value is -0.120. The molecule has 1 aliphatic heterocycles. The predicted octanol–water partition coefficient (Wildman–Crippen LogP) is 2.12. The average molecular weight is 242 g/mol. The van der Waals surface area contributed by atoms with Crippen molar-refractivity contribution in [1.29, 1.82) is 0 Å². The Morgan fingerprint density at radius 1 is 1.29 bits per heavy atom. The van der Waals surface area contributed by atoms with Gasteiger partial charge in [-0.1, -0.05) is 13.8 Å². The number of hydrogen-bond acceptors (Lipinski definition) is 3. The van der Waals surface area contributed by atoms with Crippen molar-refractivity contribution in [2.45, 2.75) is 45.6 Å². The Balaban J connectivity index is 1.95. The first-order valence-electron chi connectivity index (χ1n) is 7.19. The van der Waals surface area contributed by atoms with Crippen LogP contribution in [-0.2, 0) is 4.74 Å². The summed E-state index contributed by atoms with van der Waals surface area (Å²) >= 11 is 0. The lowest BCUT2D eigenvalue weighted by Gasteiger charge is -2.27. The van der Waals surface area contributed by atoms with Crippen molar-refractivity contribution < 1.29 is 4.74 Å². The van der Waals surface area contributed by atoms with Crippen LogP contribution in [0.1, 0.15) is 39.5 Å². The summed E-state index contributed by atoms with van der Waals surface area (Å²) in [6.07, 6.45) is 5.58. The summed E-state index contributed by atoms with van der Waals surface area (Å²) in [6.45, 7) is 9.96. The van der Waals surface area contributed by atoms with Gasteiger partial charge in [0.05, 0.1) is 6.10 Å². The molecule has 0 aromatic rings. The normalized spacial score (nSPS) is 21.4. The maximum Gasteiger partial charge on any atom is 0.0701 e. The van der Waals surface area contributed by atoms with Crippen LogP contribution in [0.15, 0.2) is 0 Å². The molecule has 1 unspecified atom stereocenters. The fraction of sp³-hybridized carbons (Fsp3) is 1.00. The van der Waals surface area contributed by atoms with E-state index < -0.39 is 0 Å². The molecule has 0 spiro atoms. The van der Waals surface area contributed by atoms with E-state index in [0.29, 0.717) is 6.10 Å². The third kappa shape index (κ3) is 7.74. The largest absolute Gasteiger partial charge is 0.377 e. The number of nitrogens with zero attached hydrogens (tertiary/aromatic N) is 1. The van der Waals surface area contributed by atoms with Gasteiger partial charge in [0.2, 0.25) is 0 Å². The first-order valence-corrected chi connectivity index (χ1v) is 7.19. The fourth-order valence-corrected chi connectivity index (χ4v) is 2.18. The molecule has 1 heterocycles. The number of likely N-dealkylation sites (N-methyl/N-ethyl adjacent to an activating group) is 1. The molecule has 0 radical (unpaired) electrons. The first-order chi connectivity index (χ1) is 8.18. The van der Waals surface area contributed by atoms with Gasteiger partial charge in [0.15, 0.2) is 0 Å². The van der Waals surface area contributed by atoms with E-state index in [1.165, 1.54) is 25.7 Å². The smallest absolute Gasteiger partial charge is 0.0701 e. The summed E-state index contributed by atoms with van der Waals surface area (Å²) < 4.78 is 5.75. The molecule has 17 heavy (non-hydrogen) atoms. The molecule has 1 fully saturated rings. The lowest BCUT2D eigenvalue weighted by Crippen LogP contribution is -2.37. The van der Waals surface area contributed by atoms with Crippen LogP contribution in [0.25, 0.3) is 0 Å². The number of rotatable bonds is 8. The molecule has 0 amide bonds. The van der Waals surface area contributed by atoms with E-state index in [1.54, 1.807) is 0 Å². The molecule has 3 heteroatoms. The Bertz CT molecular complexity index is 179. The zero-order valence-electron chi connectivity index (χ0n) is 11.9. The molecule has 1 atom stereocenters. The van der Waals surface area contributed by atoms with Gasteiger partial charge in [-0.2, -0.15) is 0 Å². The quantitative estimate of drug-likeness (QED) is 0.660. The predicted molar refractivity (Wildman–Crippen MR) is 73.4 cm³/mol. The summed E-state index contributed by atoms with van der Waals surface area (Å²) in [5.74, 6) is 0.802. The van der Waals surface area contributed by atoms with Crippen molar-refractivity contribution in [2.24, 2.45) is 5.92 Å². The maximum absolute atomic E-state index is 5.75. The van der Waals surface area contributed by atoms with Crippen molar-refractivity contribution in [2.75, 3.05) is 39.8 Å². The summed E-state index contributed by atoms with van der Waals surface area (Å²) in [5, 5.41) is 3.50. The van der Waals surface area contributed by atoms with Crippen LogP contribution < -0.4 is 5.32 Å². The maximum atomic E-state index is 5.75. The molecule has 0 aromatic heterocycles. The van der Waals surface area contributed by atoms with E-state index in [9.17, 15) is 0 Å². The summed E-state index contributed by atoms with van der Waals surface area (Å²) in [7, 11) is 2.20. The van der Waals surface area contributed by atoms with E-state index in [0.717, 1.165) is 38.7 Å². The Morgan fingerprint density at radius 2 is 2.12 bits per heavy atom. The van der Waals surface area contributed by atoms with Crippen LogP contribution >= 0.6 is 0 Å². The highest BCUT2D eigenvalue weighted by atomic mass is 16.5. The molecule has 0 saturated carbocycles. The molecule has 3 nitrogen and oxygen atoms in total. The minimum atomic E-state index is 0.476. The van der Waals surface area contributed by atoms with E-state index in [2.05, 4.69) is 31.1 Å². The average Bonchev–Trinajstić information content (AvgIpc) is 2.29. The number of hydrogen-bond donors (Lipinski definition) is 1. The van der Waals surface area contributed by atoms with Crippen LogP contribution in [0.5, 0.6) is 0 Å². The van der Waals surface area contributed by atoms with Crippen LogP contribution in [0.2, 0.25) is 0 Å². The van der Waals surface area contributed by atoms with Crippen LogP contribution in [-0.4, -0.2) is 50.8 Å². The van der Waals surface area contributed by atoms with Crippen molar-refractivity contribution >= 4 is 0 Å². The molecule has 0 aromatic carbocycles. The van der Waals surface area contributed by atoms with Gasteiger partial charge in [-0.05, 0) is 45.2 Å². The van der Waals surface area contributed by atoms with Gasteiger partial charge < -0.3 is 15.0 Å². The van der Waals surface area contributed by atoms with E-state index in [4.69, 9.17) is 4.74 Å². The molecule has 0 aliphatic carbocycles. The number of ether oxygens (including phenoxy) is 1. The van der Waals surface area contributed by atoms with Gasteiger partial charge in [-0.3, -0.25) is 0 Å². The van der Waals surface area contributed by atoms with Crippen LogP contribution in [0.3, 0.4) is 0 Å². The zero-order valence-corrected chi connectivity index (χ0v) is 11.9. The van der Waals surface area contributed by atoms with Gasteiger partial charge in [-0.15, -0.1) is 0 Å². The van der Waals surface area contributed by atoms with Crippen molar-refractivity contribution in [3.05, 3.63) is 0 Å². The topological polar surface area (TPSA) is 24.5 Å². The summed E-state index contributed by atoms with van der Waals surface area (Å²) in [6, 6.07) is 0. The third-order valence-corrected chi connectivity index (χ3v) is 3.36. The second kappa shape index (κ2) is 8.90. The highest BCUT2D eigenvalue weighted by Gasteiger charge is 2.15. The molecule has 102 valence electrons. The molecule has 1 rings (SSSR count). The molecule has 1 saturated heterocycles. The second-order valence-electron chi connectivity index (χ2n) is 5.68. The molecule has 0 bridgehead atoms. The minimum Gasteiger partial charge on any atom is -0.377 e. The third-order valence-electron chi connectivity index (χ3n) is 3.36. The van der Waals surface area contributed by atoms with Crippen LogP contribution in [0, 0.1) is 5.92 Å². The Morgan fingerprint density at radius 3 is 2.76 bits per heavy atom. The van der Waals surface area contributed by atoms with Crippen molar-refractivity contribution in [3.8, 4) is 0 Å². The highest BCUT2D eigenvalue weighted by molar-refractivity contribution is 4.68. The number of nitrogens with one attached hydrogen (secondary N) is 1. The van der Waals surface area contributed by atoms with Gasteiger partial charge in [0.25, 0.3) is 0 Å². The molecular weight excluding hydrogens is 212 g/mol. The highest BCUT2D eigenvalue weighted by Crippen LogP contribution is 2.13. The van der Waals surface area contributed by atoms with Crippen LogP contribution in [0.4, 0.5) is 0 Å². The van der Waals surface area contributed by atoms with E-state index in [1.807, 2.05) is 0 Å². The standard InChI is InChI=1S/C14H30N2O/c1-13(2)7-8-15-9-10-16(3)12-14-6-4-5-11-17-14/h13-15H,4-12H2,1-3H3. The van der Waals surface area contributed by atoms with Gasteiger partial charge in [-0.25, -0.2) is 0 Å². The SMILES string of the molecule is CC(C)CCNCCN(C)CC1CCCCO1. The first kappa shape index (κ1) is 14.9. The summed E-state index contributed by atoms with van der Waals surface area (Å²) in [4.78, 5) is 2.39. The lowest BCUT2D eigenvalue weighted by molar-refractivity contribution is -0.00122. The van der Waals surface area contributed by atoms with Gasteiger partial charge >= 0.3 is 0 Å². The van der Waals surface area contributed by atoms with Crippen molar-refractivity contribution in [3.63, 3.8) is 0 Å². The molecule has 1 aliphatic rings. The second-order valence-corrected chi connectivity index (χ2v) is 5.68. The van der Waals surface area contributed by atoms with Gasteiger partial charge in [0.1, 0.15) is 0 Å². The lowest BCUT2D eigenvalue weighted by atomic mass is 10.1. The summed E-state index contributed by atoms with van der Waals surface area (Å²) in [5.41, 5.74) is 0. The zero-order chi connectivity index (χ0) is 12.5. The van der Waals surface area contributed by atoms with E-state index in [-0.39, 0.29) is 0 Å². The van der Waals surface area contributed by atoms with Crippen molar-refractivity contribution in [1.82, 2.24) is 10.2 Å². The van der Waals surface area contributed by atoms with E-state index >= 15 is 0 Å². The fourth-order valence-electron chi connectivity index (χ4n) is 2.18. The Labute approximate surface area is 107 Å². The molecule has 1 N–H and O–H groups in total. The minimum absolute atomic E-state index is 0.476. The Kier molecular flexibility index (Phi) is 7.82. The van der Waals surface area contributed by atoms with Gasteiger partial charge in [0, 0.05) is 26.2 Å². The monoisotopic (exact) mass is 242 g/mol. The molecular formula is C14H30N2O.